The molecule has 0 bridgehead atoms. The van der Waals surface area contributed by atoms with Gasteiger partial charge in [-0.05, 0) is 23.3 Å². The zero-order valence-corrected chi connectivity index (χ0v) is 17.2. The van der Waals surface area contributed by atoms with Gasteiger partial charge in [0.05, 0.1) is 25.8 Å². The van der Waals surface area contributed by atoms with Crippen LogP contribution in [0.5, 0.6) is 0 Å². The van der Waals surface area contributed by atoms with Gasteiger partial charge in [0.1, 0.15) is 18.9 Å². The van der Waals surface area contributed by atoms with E-state index in [0.29, 0.717) is 12.1 Å². The van der Waals surface area contributed by atoms with Crippen LogP contribution in [0.1, 0.15) is 23.6 Å². The van der Waals surface area contributed by atoms with E-state index < -0.39 is 29.3 Å². The molecule has 0 spiro atoms. The minimum absolute atomic E-state index is 0.0680. The number of quaternary nitrogens is 1. The molecule has 31 heavy (non-hydrogen) atoms. The molecular weight excluding hydrogens is 399 g/mol. The molecule has 1 amide bonds. The second-order valence-corrected chi connectivity index (χ2v) is 7.86. The van der Waals surface area contributed by atoms with Crippen molar-refractivity contribution in [3.8, 4) is 0 Å². The first-order chi connectivity index (χ1) is 15.1. The van der Waals surface area contributed by atoms with E-state index in [-0.39, 0.29) is 11.1 Å². The van der Waals surface area contributed by atoms with Crippen LogP contribution in [0.15, 0.2) is 60.2 Å². The minimum atomic E-state index is -0.776. The van der Waals surface area contributed by atoms with E-state index in [9.17, 15) is 19.1 Å². The van der Waals surface area contributed by atoms with Crippen LogP contribution in [0, 0.1) is 5.82 Å². The number of nitrogens with zero attached hydrogens (tertiary/aromatic N) is 1. The monoisotopic (exact) mass is 424 g/mol. The molecule has 0 aliphatic carbocycles. The number of halogens is 1. The predicted octanol–water partition coefficient (Wildman–Crippen LogP) is 0.355. The number of ketones is 1. The Bertz CT molecular complexity index is 969. The molecule has 2 aromatic rings. The van der Waals surface area contributed by atoms with Crippen molar-refractivity contribution >= 4 is 17.4 Å². The quantitative estimate of drug-likeness (QED) is 0.413. The number of carbonyl (C=O) groups excluding carboxylic acids is 2. The number of rotatable bonds is 6. The van der Waals surface area contributed by atoms with E-state index in [4.69, 9.17) is 4.74 Å². The summed E-state index contributed by atoms with van der Waals surface area (Å²) in [6, 6.07) is 13.4. The average Bonchev–Trinajstić information content (AvgIpc) is 3.05. The number of ether oxygens (including phenoxy) is 1. The molecule has 4 rings (SSSR count). The van der Waals surface area contributed by atoms with E-state index in [0.717, 1.165) is 39.3 Å². The lowest BCUT2D eigenvalue weighted by Crippen LogP contribution is -3.14. The molecule has 0 saturated carbocycles. The van der Waals surface area contributed by atoms with Crippen LogP contribution in [0.25, 0.3) is 5.76 Å². The topological polar surface area (TPSA) is 74.1 Å². The Hall–Kier alpha value is -3.03. The Morgan fingerprint density at radius 2 is 1.74 bits per heavy atom. The first-order valence-corrected chi connectivity index (χ1v) is 10.5. The molecule has 2 aromatic carbocycles. The van der Waals surface area contributed by atoms with Gasteiger partial charge in [-0.3, -0.25) is 9.59 Å². The second kappa shape index (κ2) is 9.41. The zero-order valence-electron chi connectivity index (χ0n) is 17.2. The van der Waals surface area contributed by atoms with Crippen molar-refractivity contribution in [3.05, 3.63) is 77.1 Å². The molecule has 7 heteroatoms. The van der Waals surface area contributed by atoms with Crippen LogP contribution < -0.4 is 10.0 Å². The lowest BCUT2D eigenvalue weighted by molar-refractivity contribution is -0.908. The number of carbonyl (C=O) groups is 2. The van der Waals surface area contributed by atoms with Crippen LogP contribution in [-0.4, -0.2) is 56.0 Å². The van der Waals surface area contributed by atoms with Gasteiger partial charge in [-0.25, -0.2) is 4.39 Å². The summed E-state index contributed by atoms with van der Waals surface area (Å²) in [5.74, 6) is -2.44. The van der Waals surface area contributed by atoms with Crippen LogP contribution >= 0.6 is 0 Å². The lowest BCUT2D eigenvalue weighted by Gasteiger charge is -2.29. The molecule has 1 atom stereocenters. The largest absolute Gasteiger partial charge is 0.872 e. The maximum atomic E-state index is 13.3. The summed E-state index contributed by atoms with van der Waals surface area (Å²) in [5, 5.41) is 13.2. The zero-order chi connectivity index (χ0) is 21.8. The van der Waals surface area contributed by atoms with E-state index >= 15 is 0 Å². The molecule has 0 radical (unpaired) electrons. The van der Waals surface area contributed by atoms with Crippen LogP contribution in [0.2, 0.25) is 0 Å². The highest BCUT2D eigenvalue weighted by atomic mass is 19.1. The highest BCUT2D eigenvalue weighted by molar-refractivity contribution is 6.46. The number of Topliss-reactive ketones (excluding diaryl/α,β-unsaturated/α-hetero) is 1. The normalized spacial score (nSPS) is 21.6. The van der Waals surface area contributed by atoms with Crippen molar-refractivity contribution in [3.63, 3.8) is 0 Å². The fourth-order valence-electron chi connectivity index (χ4n) is 4.25. The summed E-state index contributed by atoms with van der Waals surface area (Å²) >= 11 is 0. The van der Waals surface area contributed by atoms with E-state index in [2.05, 4.69) is 0 Å². The van der Waals surface area contributed by atoms with Crippen LogP contribution in [-0.2, 0) is 14.3 Å². The summed E-state index contributed by atoms with van der Waals surface area (Å²) in [6.07, 6.45) is 0.718. The van der Waals surface area contributed by atoms with Crippen molar-refractivity contribution < 1.29 is 28.7 Å². The minimum Gasteiger partial charge on any atom is -0.872 e. The van der Waals surface area contributed by atoms with Crippen molar-refractivity contribution in [1.29, 1.82) is 0 Å². The molecule has 2 heterocycles. The molecular formula is C24H25FN2O4. The molecule has 2 saturated heterocycles. The van der Waals surface area contributed by atoms with Crippen molar-refractivity contribution in [2.75, 3.05) is 39.4 Å². The first kappa shape index (κ1) is 21.2. The van der Waals surface area contributed by atoms with Gasteiger partial charge >= 0.3 is 0 Å². The van der Waals surface area contributed by atoms with E-state index in [1.807, 2.05) is 30.3 Å². The standard InChI is InChI=1S/C24H25FN2O4/c25-19-9-7-18(8-10-19)22(28)20-21(17-5-2-1-3-6-17)27(24(30)23(20)29)12-4-11-26-13-15-31-16-14-26/h1-3,5-10,21,28H,4,11-16H2/b22-20+. The van der Waals surface area contributed by atoms with Crippen LogP contribution in [0.4, 0.5) is 4.39 Å². The molecule has 1 N–H and O–H groups in total. The van der Waals surface area contributed by atoms with Gasteiger partial charge in [0.25, 0.3) is 5.91 Å². The Kier molecular flexibility index (Phi) is 6.44. The molecule has 2 aliphatic heterocycles. The van der Waals surface area contributed by atoms with Gasteiger partial charge in [-0.1, -0.05) is 48.2 Å². The third kappa shape index (κ3) is 4.52. The number of benzene rings is 2. The van der Waals surface area contributed by atoms with Crippen molar-refractivity contribution in [2.24, 2.45) is 0 Å². The number of nitrogens with one attached hydrogen (secondary N) is 1. The molecule has 1 unspecified atom stereocenters. The number of likely N-dealkylation sites (tertiary alicyclic amines) is 1. The van der Waals surface area contributed by atoms with Gasteiger partial charge in [0, 0.05) is 18.5 Å². The molecule has 162 valence electrons. The molecule has 6 nitrogen and oxygen atoms in total. The van der Waals surface area contributed by atoms with Gasteiger partial charge in [-0.2, -0.15) is 0 Å². The predicted molar refractivity (Wildman–Crippen MR) is 110 cm³/mol. The Morgan fingerprint density at radius 1 is 1.06 bits per heavy atom. The van der Waals surface area contributed by atoms with Gasteiger partial charge in [-0.15, -0.1) is 0 Å². The summed E-state index contributed by atoms with van der Waals surface area (Å²) in [4.78, 5) is 28.7. The third-order valence-corrected chi connectivity index (χ3v) is 5.88. The number of hydrogen-bond acceptors (Lipinski definition) is 4. The fourth-order valence-corrected chi connectivity index (χ4v) is 4.25. The molecule has 2 aliphatic rings. The number of morpholine rings is 1. The van der Waals surface area contributed by atoms with Crippen LogP contribution in [0.3, 0.4) is 0 Å². The van der Waals surface area contributed by atoms with Gasteiger partial charge in [0.2, 0.25) is 5.78 Å². The lowest BCUT2D eigenvalue weighted by atomic mass is 9.95. The maximum Gasteiger partial charge on any atom is 0.295 e. The highest BCUT2D eigenvalue weighted by Gasteiger charge is 2.43. The Labute approximate surface area is 180 Å². The maximum absolute atomic E-state index is 13.3. The van der Waals surface area contributed by atoms with E-state index in [1.165, 1.54) is 34.1 Å². The Morgan fingerprint density at radius 3 is 2.42 bits per heavy atom. The second-order valence-electron chi connectivity index (χ2n) is 7.86. The van der Waals surface area contributed by atoms with Crippen molar-refractivity contribution in [1.82, 2.24) is 4.90 Å². The first-order valence-electron chi connectivity index (χ1n) is 10.5. The summed E-state index contributed by atoms with van der Waals surface area (Å²) in [6.45, 7) is 4.56. The van der Waals surface area contributed by atoms with E-state index in [1.54, 1.807) is 0 Å². The number of amides is 1. The van der Waals surface area contributed by atoms with Crippen molar-refractivity contribution in [2.45, 2.75) is 12.5 Å². The molecule has 0 aromatic heterocycles. The Balaban J connectivity index is 1.64. The smallest absolute Gasteiger partial charge is 0.295 e. The third-order valence-electron chi connectivity index (χ3n) is 5.88. The van der Waals surface area contributed by atoms with Gasteiger partial charge < -0.3 is 19.6 Å². The SMILES string of the molecule is O=C1C(=O)N(CCC[NH+]2CCOCC2)C(c2ccccc2)/C1=C(\[O-])c1ccc(F)cc1. The summed E-state index contributed by atoms with van der Waals surface area (Å²) in [5.41, 5.74) is 0.838. The summed E-state index contributed by atoms with van der Waals surface area (Å²) < 4.78 is 18.7. The molecule has 2 fully saturated rings. The highest BCUT2D eigenvalue weighted by Crippen LogP contribution is 2.38. The van der Waals surface area contributed by atoms with Gasteiger partial charge in [0.15, 0.2) is 0 Å². The fraction of sp³-hybridized carbons (Fsp3) is 0.333. The summed E-state index contributed by atoms with van der Waals surface area (Å²) in [7, 11) is 0. The average molecular weight is 424 g/mol. The number of hydrogen-bond donors (Lipinski definition) is 1.